The van der Waals surface area contributed by atoms with Crippen molar-refractivity contribution >= 4 is 38.9 Å². The number of nitrogens with one attached hydrogen (secondary N) is 1. The number of hydrogen-bond donors (Lipinski definition) is 1. The van der Waals surface area contributed by atoms with Crippen molar-refractivity contribution in [3.05, 3.63) is 93.8 Å². The van der Waals surface area contributed by atoms with Gasteiger partial charge in [0.1, 0.15) is 11.3 Å². The minimum absolute atomic E-state index is 0.167. The summed E-state index contributed by atoms with van der Waals surface area (Å²) in [5.74, 6) is -0.167. The zero-order chi connectivity index (χ0) is 26.9. The molecular weight excluding hydrogens is 559 g/mol. The van der Waals surface area contributed by atoms with Gasteiger partial charge in [0.05, 0.1) is 11.3 Å². The van der Waals surface area contributed by atoms with Gasteiger partial charge >= 0.3 is 6.18 Å². The molecule has 1 amide bonds. The molecule has 0 radical (unpaired) electrons. The van der Waals surface area contributed by atoms with E-state index in [0.29, 0.717) is 18.7 Å². The van der Waals surface area contributed by atoms with Crippen LogP contribution >= 0.6 is 15.9 Å². The highest BCUT2D eigenvalue weighted by atomic mass is 79.9. The molecule has 0 aliphatic carbocycles. The van der Waals surface area contributed by atoms with Gasteiger partial charge in [0.2, 0.25) is 0 Å². The predicted octanol–water partition coefficient (Wildman–Crippen LogP) is 5.93. The summed E-state index contributed by atoms with van der Waals surface area (Å²) in [6.45, 7) is 5.35. The van der Waals surface area contributed by atoms with Gasteiger partial charge in [-0.2, -0.15) is 13.2 Å². The summed E-state index contributed by atoms with van der Waals surface area (Å²) in [6, 6.07) is 17.2. The summed E-state index contributed by atoms with van der Waals surface area (Å²) in [6.07, 6.45) is -1.83. The molecule has 3 heterocycles. The van der Waals surface area contributed by atoms with Gasteiger partial charge in [0.15, 0.2) is 0 Å². The van der Waals surface area contributed by atoms with Crippen molar-refractivity contribution in [1.29, 1.82) is 0 Å². The Balaban J connectivity index is 1.17. The van der Waals surface area contributed by atoms with Gasteiger partial charge in [-0.05, 0) is 60.5 Å². The fourth-order valence-electron chi connectivity index (χ4n) is 4.73. The lowest BCUT2D eigenvalue weighted by Gasteiger charge is -2.37. The van der Waals surface area contributed by atoms with Crippen molar-refractivity contribution < 1.29 is 18.0 Å². The molecule has 198 valence electrons. The topological polar surface area (TPSA) is 52.9 Å². The maximum Gasteiger partial charge on any atom is 0.416 e. The average Bonchev–Trinajstić information content (AvgIpc) is 3.29. The second kappa shape index (κ2) is 10.7. The fraction of sp³-hybridized carbons (Fsp3) is 0.286. The molecule has 2 aromatic heterocycles. The number of pyridine rings is 1. The van der Waals surface area contributed by atoms with Crippen LogP contribution in [-0.4, -0.2) is 41.5 Å². The number of aryl methyl sites for hydroxylation is 1. The highest BCUT2D eigenvalue weighted by Crippen LogP contribution is 2.31. The maximum atomic E-state index is 13.0. The van der Waals surface area contributed by atoms with Crippen LogP contribution in [0.1, 0.15) is 34.2 Å². The number of rotatable bonds is 6. The summed E-state index contributed by atoms with van der Waals surface area (Å²) >= 11 is 3.45. The average molecular weight is 586 g/mol. The zero-order valence-electron chi connectivity index (χ0n) is 20.8. The molecule has 1 aliphatic rings. The van der Waals surface area contributed by atoms with Crippen LogP contribution in [0.15, 0.2) is 71.3 Å². The van der Waals surface area contributed by atoms with Crippen LogP contribution in [0, 0.1) is 0 Å². The number of nitrogens with zero attached hydrogens (tertiary/aromatic N) is 4. The van der Waals surface area contributed by atoms with Gasteiger partial charge in [0, 0.05) is 54.8 Å². The van der Waals surface area contributed by atoms with E-state index >= 15 is 0 Å². The van der Waals surface area contributed by atoms with Gasteiger partial charge in [-0.25, -0.2) is 4.98 Å². The molecule has 1 saturated heterocycles. The molecule has 1 N–H and O–H groups in total. The molecule has 5 rings (SSSR count). The van der Waals surface area contributed by atoms with Crippen LogP contribution in [0.5, 0.6) is 0 Å². The van der Waals surface area contributed by atoms with Crippen LogP contribution in [0.4, 0.5) is 24.5 Å². The van der Waals surface area contributed by atoms with Crippen LogP contribution in [0.25, 0.3) is 5.65 Å². The number of piperazine rings is 1. The second-order valence-corrected chi connectivity index (χ2v) is 10.1. The lowest BCUT2D eigenvalue weighted by Crippen LogP contribution is -2.46. The number of benzene rings is 2. The number of imidazole rings is 1. The Morgan fingerprint density at radius 2 is 1.53 bits per heavy atom. The summed E-state index contributed by atoms with van der Waals surface area (Å²) in [4.78, 5) is 22.0. The minimum atomic E-state index is -4.32. The smallest absolute Gasteiger partial charge is 0.368 e. The van der Waals surface area contributed by atoms with E-state index in [1.54, 1.807) is 0 Å². The Labute approximate surface area is 227 Å². The number of carbonyl (C=O) groups excluding carboxylic acids is 1. The van der Waals surface area contributed by atoms with Gasteiger partial charge < -0.3 is 15.1 Å². The Morgan fingerprint density at radius 3 is 2.08 bits per heavy atom. The number of carbonyl (C=O) groups is 1. The molecule has 0 saturated carbocycles. The highest BCUT2D eigenvalue weighted by Gasteiger charge is 2.30. The number of amides is 1. The van der Waals surface area contributed by atoms with Crippen molar-refractivity contribution in [2.24, 2.45) is 0 Å². The van der Waals surface area contributed by atoms with Crippen LogP contribution in [0.2, 0.25) is 0 Å². The molecule has 38 heavy (non-hydrogen) atoms. The van der Waals surface area contributed by atoms with E-state index < -0.39 is 11.7 Å². The number of aromatic nitrogens is 2. The van der Waals surface area contributed by atoms with Gasteiger partial charge in [-0.3, -0.25) is 9.20 Å². The van der Waals surface area contributed by atoms with Crippen molar-refractivity contribution in [2.45, 2.75) is 26.1 Å². The molecule has 0 atom stereocenters. The molecule has 6 nitrogen and oxygen atoms in total. The largest absolute Gasteiger partial charge is 0.416 e. The van der Waals surface area contributed by atoms with Gasteiger partial charge in [0.25, 0.3) is 5.91 Å². The predicted molar refractivity (Wildman–Crippen MR) is 146 cm³/mol. The summed E-state index contributed by atoms with van der Waals surface area (Å²) in [5, 5.41) is 3.02. The first kappa shape index (κ1) is 26.1. The molecule has 2 aromatic carbocycles. The first-order valence-corrected chi connectivity index (χ1v) is 13.2. The fourth-order valence-corrected chi connectivity index (χ4v) is 5.05. The van der Waals surface area contributed by atoms with Gasteiger partial charge in [-0.15, -0.1) is 0 Å². The Kier molecular flexibility index (Phi) is 7.34. The number of fused-ring (bicyclic) bond motifs is 1. The third kappa shape index (κ3) is 5.50. The van der Waals surface area contributed by atoms with E-state index in [9.17, 15) is 18.0 Å². The van der Waals surface area contributed by atoms with E-state index in [0.717, 1.165) is 71.1 Å². The lowest BCUT2D eigenvalue weighted by molar-refractivity contribution is -0.137. The standard InChI is InChI=1S/C28H27BrF3N5O/c1-2-24-26(37-12-11-21(29)17-25(37)34-24)27(38)33-18-19-3-7-22(8-4-19)35-13-15-36(16-14-35)23-9-5-20(6-10-23)28(30,31)32/h3-12,17H,2,13-16,18H2,1H3,(H,33,38). The van der Waals surface area contributed by atoms with Crippen LogP contribution in [0.3, 0.4) is 0 Å². The summed E-state index contributed by atoms with van der Waals surface area (Å²) < 4.78 is 41.2. The maximum absolute atomic E-state index is 13.0. The highest BCUT2D eigenvalue weighted by molar-refractivity contribution is 9.10. The van der Waals surface area contributed by atoms with E-state index in [4.69, 9.17) is 0 Å². The quantitative estimate of drug-likeness (QED) is 0.304. The number of halogens is 4. The monoisotopic (exact) mass is 585 g/mol. The minimum Gasteiger partial charge on any atom is -0.368 e. The number of alkyl halides is 3. The Hall–Kier alpha value is -3.53. The number of anilines is 2. The van der Waals surface area contributed by atoms with E-state index in [1.807, 2.05) is 53.9 Å². The third-order valence-corrected chi connectivity index (χ3v) is 7.30. The summed E-state index contributed by atoms with van der Waals surface area (Å²) in [5.41, 5.74) is 4.27. The molecular formula is C28H27BrF3N5O. The zero-order valence-corrected chi connectivity index (χ0v) is 22.4. The van der Waals surface area contributed by atoms with E-state index in [1.165, 1.54) is 12.1 Å². The molecule has 1 aliphatic heterocycles. The van der Waals surface area contributed by atoms with Crippen molar-refractivity contribution in [3.63, 3.8) is 0 Å². The van der Waals surface area contributed by atoms with Gasteiger partial charge in [-0.1, -0.05) is 35.0 Å². The van der Waals surface area contributed by atoms with Crippen molar-refractivity contribution in [1.82, 2.24) is 14.7 Å². The van der Waals surface area contributed by atoms with Crippen molar-refractivity contribution in [2.75, 3.05) is 36.0 Å². The summed E-state index contributed by atoms with van der Waals surface area (Å²) in [7, 11) is 0. The van der Waals surface area contributed by atoms with Crippen LogP contribution in [-0.2, 0) is 19.1 Å². The molecule has 4 aromatic rings. The molecule has 0 bridgehead atoms. The Morgan fingerprint density at radius 1 is 0.947 bits per heavy atom. The van der Waals surface area contributed by atoms with E-state index in [-0.39, 0.29) is 5.91 Å². The first-order valence-electron chi connectivity index (χ1n) is 12.4. The normalized spacial score (nSPS) is 14.2. The molecule has 0 spiro atoms. The third-order valence-electron chi connectivity index (χ3n) is 6.80. The molecule has 0 unspecified atom stereocenters. The lowest BCUT2D eigenvalue weighted by atomic mass is 10.1. The van der Waals surface area contributed by atoms with Crippen molar-refractivity contribution in [3.8, 4) is 0 Å². The Bertz CT molecular complexity index is 1430. The first-order chi connectivity index (χ1) is 18.2. The molecule has 10 heteroatoms. The molecule has 1 fully saturated rings. The second-order valence-electron chi connectivity index (χ2n) is 9.20. The number of hydrogen-bond acceptors (Lipinski definition) is 4. The van der Waals surface area contributed by atoms with Crippen LogP contribution < -0.4 is 15.1 Å². The SMILES string of the molecule is CCc1nc2cc(Br)ccn2c1C(=O)NCc1ccc(N2CCN(c3ccc(C(F)(F)F)cc3)CC2)cc1. The van der Waals surface area contributed by atoms with E-state index in [2.05, 4.69) is 36.0 Å².